The number of nitrogens with zero attached hydrogens (tertiary/aromatic N) is 4. The highest BCUT2D eigenvalue weighted by Crippen LogP contribution is 2.39. The molecule has 1 unspecified atom stereocenters. The van der Waals surface area contributed by atoms with Crippen molar-refractivity contribution in [2.24, 2.45) is 0 Å². The quantitative estimate of drug-likeness (QED) is 0.735. The molecular weight excluding hydrogens is 330 g/mol. The Labute approximate surface area is 150 Å². The molecule has 1 fully saturated rings. The van der Waals surface area contributed by atoms with Crippen LogP contribution in [-0.4, -0.2) is 32.6 Å². The van der Waals surface area contributed by atoms with Gasteiger partial charge in [-0.15, -0.1) is 0 Å². The maximum absolute atomic E-state index is 12.1. The fourth-order valence-electron chi connectivity index (χ4n) is 2.68. The van der Waals surface area contributed by atoms with Gasteiger partial charge in [-0.3, -0.25) is 14.8 Å². The van der Waals surface area contributed by atoms with E-state index in [0.717, 1.165) is 11.3 Å². The lowest BCUT2D eigenvalue weighted by Crippen LogP contribution is -2.27. The number of hydrogen-bond donors (Lipinski definition) is 1. The molecule has 1 aliphatic rings. The largest absolute Gasteiger partial charge is 0.351 e. The minimum absolute atomic E-state index is 0.0909. The minimum Gasteiger partial charge on any atom is -0.351 e. The lowest BCUT2D eigenvalue weighted by atomic mass is 10.1. The number of amides is 1. The maximum Gasteiger partial charge on any atom is 0.251 e. The van der Waals surface area contributed by atoms with E-state index < -0.39 is 0 Å². The molecule has 1 amide bonds. The molecule has 1 N–H and O–H groups in total. The van der Waals surface area contributed by atoms with E-state index in [1.54, 1.807) is 30.7 Å². The van der Waals surface area contributed by atoms with Crippen molar-refractivity contribution in [1.29, 1.82) is 0 Å². The Morgan fingerprint density at radius 1 is 1.27 bits per heavy atom. The summed E-state index contributed by atoms with van der Waals surface area (Å²) in [6.45, 7) is 2.35. The van der Waals surface area contributed by atoms with Crippen LogP contribution in [0.25, 0.3) is 11.4 Å². The fourth-order valence-corrected chi connectivity index (χ4v) is 2.68. The molecule has 0 aliphatic heterocycles. The van der Waals surface area contributed by atoms with E-state index in [1.165, 1.54) is 12.8 Å². The van der Waals surface area contributed by atoms with E-state index in [0.29, 0.717) is 29.7 Å². The molecule has 3 heterocycles. The van der Waals surface area contributed by atoms with Crippen molar-refractivity contribution in [3.05, 3.63) is 60.0 Å². The zero-order valence-corrected chi connectivity index (χ0v) is 14.4. The van der Waals surface area contributed by atoms with Crippen molar-refractivity contribution in [2.75, 3.05) is 6.54 Å². The first-order valence-corrected chi connectivity index (χ1v) is 8.69. The normalized spacial score (nSPS) is 14.8. The summed E-state index contributed by atoms with van der Waals surface area (Å²) in [7, 11) is 0. The van der Waals surface area contributed by atoms with Crippen LogP contribution in [-0.2, 0) is 0 Å². The summed E-state index contributed by atoms with van der Waals surface area (Å²) in [4.78, 5) is 24.9. The monoisotopic (exact) mass is 349 g/mol. The fraction of sp³-hybridized carbons (Fsp3) is 0.316. The van der Waals surface area contributed by atoms with E-state index in [2.05, 4.69) is 25.4 Å². The van der Waals surface area contributed by atoms with Crippen LogP contribution in [0.2, 0.25) is 0 Å². The average molecular weight is 349 g/mol. The molecule has 3 aromatic rings. The first-order valence-electron chi connectivity index (χ1n) is 8.69. The second kappa shape index (κ2) is 7.03. The lowest BCUT2D eigenvalue weighted by molar-refractivity contribution is 0.0950. The van der Waals surface area contributed by atoms with Crippen molar-refractivity contribution in [2.45, 2.75) is 31.6 Å². The number of pyridine rings is 2. The van der Waals surface area contributed by atoms with Gasteiger partial charge in [0.05, 0.1) is 5.92 Å². The van der Waals surface area contributed by atoms with Crippen molar-refractivity contribution >= 4 is 5.91 Å². The zero-order valence-electron chi connectivity index (χ0n) is 14.4. The van der Waals surface area contributed by atoms with Gasteiger partial charge in [0.25, 0.3) is 5.91 Å². The molecule has 0 bridgehead atoms. The van der Waals surface area contributed by atoms with Crippen LogP contribution < -0.4 is 5.32 Å². The van der Waals surface area contributed by atoms with Crippen LogP contribution in [0.1, 0.15) is 53.5 Å². The molecule has 4 rings (SSSR count). The molecule has 132 valence electrons. The van der Waals surface area contributed by atoms with Crippen LogP contribution in [0.3, 0.4) is 0 Å². The second-order valence-corrected chi connectivity index (χ2v) is 6.55. The van der Waals surface area contributed by atoms with Gasteiger partial charge in [-0.05, 0) is 37.1 Å². The van der Waals surface area contributed by atoms with Crippen LogP contribution in [0, 0.1) is 0 Å². The van der Waals surface area contributed by atoms with Crippen LogP contribution in [0.15, 0.2) is 47.4 Å². The molecule has 0 aromatic carbocycles. The number of carbonyl (C=O) groups is 1. The van der Waals surface area contributed by atoms with Gasteiger partial charge >= 0.3 is 0 Å². The number of hydrogen-bond acceptors (Lipinski definition) is 6. The maximum atomic E-state index is 12.1. The number of nitrogens with one attached hydrogen (secondary N) is 1. The Hall–Kier alpha value is -3.09. The summed E-state index contributed by atoms with van der Waals surface area (Å²) in [6.07, 6.45) is 7.36. The second-order valence-electron chi connectivity index (χ2n) is 6.55. The molecule has 0 radical (unpaired) electrons. The summed E-state index contributed by atoms with van der Waals surface area (Å²) >= 11 is 0. The highest BCUT2D eigenvalue weighted by molar-refractivity contribution is 5.93. The molecule has 3 aromatic heterocycles. The summed E-state index contributed by atoms with van der Waals surface area (Å²) in [6, 6.07) is 7.26. The van der Waals surface area contributed by atoms with E-state index in [-0.39, 0.29) is 11.8 Å². The SMILES string of the molecule is CC(CNC(=O)c1ccncc1)c1nc(-c2ccnc(C3CC3)c2)no1. The average Bonchev–Trinajstić information content (AvgIpc) is 3.43. The van der Waals surface area contributed by atoms with Gasteiger partial charge in [-0.1, -0.05) is 12.1 Å². The van der Waals surface area contributed by atoms with Crippen molar-refractivity contribution in [3.8, 4) is 11.4 Å². The van der Waals surface area contributed by atoms with E-state index in [1.807, 2.05) is 19.1 Å². The summed E-state index contributed by atoms with van der Waals surface area (Å²) < 4.78 is 5.39. The highest BCUT2D eigenvalue weighted by Gasteiger charge is 2.25. The molecule has 0 spiro atoms. The predicted octanol–water partition coefficient (Wildman–Crippen LogP) is 2.94. The van der Waals surface area contributed by atoms with Crippen molar-refractivity contribution in [3.63, 3.8) is 0 Å². The molecule has 0 saturated heterocycles. The van der Waals surface area contributed by atoms with E-state index in [9.17, 15) is 4.79 Å². The summed E-state index contributed by atoms with van der Waals surface area (Å²) in [5.41, 5.74) is 2.57. The molecule has 7 heteroatoms. The number of carbonyl (C=O) groups excluding carboxylic acids is 1. The third kappa shape index (κ3) is 3.61. The van der Waals surface area contributed by atoms with Gasteiger partial charge < -0.3 is 9.84 Å². The summed E-state index contributed by atoms with van der Waals surface area (Å²) in [5, 5.41) is 6.95. The number of rotatable bonds is 6. The van der Waals surface area contributed by atoms with Gasteiger partial charge in [0.2, 0.25) is 11.7 Å². The third-order valence-corrected chi connectivity index (χ3v) is 4.41. The Morgan fingerprint density at radius 2 is 2.08 bits per heavy atom. The molecule has 7 nitrogen and oxygen atoms in total. The molecule has 1 aliphatic carbocycles. The lowest BCUT2D eigenvalue weighted by Gasteiger charge is -2.08. The summed E-state index contributed by atoms with van der Waals surface area (Å²) in [5.74, 6) is 1.38. The van der Waals surface area contributed by atoms with Crippen molar-refractivity contribution in [1.82, 2.24) is 25.4 Å². The van der Waals surface area contributed by atoms with Gasteiger partial charge in [-0.2, -0.15) is 4.98 Å². The highest BCUT2D eigenvalue weighted by atomic mass is 16.5. The first-order chi connectivity index (χ1) is 12.7. The van der Waals surface area contributed by atoms with Crippen molar-refractivity contribution < 1.29 is 9.32 Å². The van der Waals surface area contributed by atoms with Gasteiger partial charge in [0.1, 0.15) is 0 Å². The van der Waals surface area contributed by atoms with Gasteiger partial charge in [-0.25, -0.2) is 0 Å². The Morgan fingerprint density at radius 3 is 2.85 bits per heavy atom. The minimum atomic E-state index is -0.151. The predicted molar refractivity (Wildman–Crippen MR) is 94.5 cm³/mol. The molecule has 1 atom stereocenters. The smallest absolute Gasteiger partial charge is 0.251 e. The molecular formula is C19H19N5O2. The van der Waals surface area contributed by atoms with Crippen LogP contribution in [0.4, 0.5) is 0 Å². The van der Waals surface area contributed by atoms with Gasteiger partial charge in [0, 0.05) is 47.9 Å². The first kappa shape index (κ1) is 16.4. The number of aromatic nitrogens is 4. The van der Waals surface area contributed by atoms with Crippen LogP contribution >= 0.6 is 0 Å². The van der Waals surface area contributed by atoms with E-state index >= 15 is 0 Å². The Balaban J connectivity index is 1.41. The van der Waals surface area contributed by atoms with Gasteiger partial charge in [0.15, 0.2) is 0 Å². The van der Waals surface area contributed by atoms with E-state index in [4.69, 9.17) is 4.52 Å². The standard InChI is InChI=1S/C19H19N5O2/c1-12(11-22-18(25)14-4-7-20-8-5-14)19-23-17(24-26-19)15-6-9-21-16(10-15)13-2-3-13/h4-10,12-13H,2-3,11H2,1H3,(H,22,25). The third-order valence-electron chi connectivity index (χ3n) is 4.41. The topological polar surface area (TPSA) is 93.8 Å². The zero-order chi connectivity index (χ0) is 17.9. The Kier molecular flexibility index (Phi) is 4.43. The Bertz CT molecular complexity index is 905. The molecule has 26 heavy (non-hydrogen) atoms. The molecule has 1 saturated carbocycles. The van der Waals surface area contributed by atoms with Crippen LogP contribution in [0.5, 0.6) is 0 Å².